The topological polar surface area (TPSA) is 49.4 Å². The maximum atomic E-state index is 13.0. The van der Waals surface area contributed by atoms with Crippen molar-refractivity contribution in [2.45, 2.75) is 23.8 Å². The molecule has 0 atom stereocenters. The Morgan fingerprint density at radius 1 is 1.05 bits per heavy atom. The third-order valence-electron chi connectivity index (χ3n) is 4.23. The molecule has 4 nitrogen and oxygen atoms in total. The third kappa shape index (κ3) is 2.69. The molecule has 1 saturated heterocycles. The molecule has 0 bridgehead atoms. The number of benzene rings is 2. The fourth-order valence-corrected chi connectivity index (χ4v) is 4.57. The van der Waals surface area contributed by atoms with Gasteiger partial charge >= 0.3 is 0 Å². The van der Waals surface area contributed by atoms with E-state index in [2.05, 4.69) is 5.32 Å². The highest BCUT2D eigenvalue weighted by atomic mass is 32.2. The molecule has 0 saturated carbocycles. The Hall–Kier alpha value is -1.43. The van der Waals surface area contributed by atoms with Crippen LogP contribution in [0.3, 0.4) is 0 Å². The van der Waals surface area contributed by atoms with Crippen LogP contribution >= 0.6 is 0 Å². The molecular weight excluding hydrogens is 284 g/mol. The van der Waals surface area contributed by atoms with Gasteiger partial charge < -0.3 is 5.32 Å². The van der Waals surface area contributed by atoms with E-state index in [9.17, 15) is 8.42 Å². The number of piperidine rings is 1. The molecule has 0 aliphatic carbocycles. The van der Waals surface area contributed by atoms with E-state index < -0.39 is 10.0 Å². The molecule has 2 aromatic rings. The highest BCUT2D eigenvalue weighted by Crippen LogP contribution is 2.27. The normalized spacial score (nSPS) is 17.4. The Kier molecular flexibility index (Phi) is 3.97. The van der Waals surface area contributed by atoms with Crippen molar-refractivity contribution in [3.63, 3.8) is 0 Å². The van der Waals surface area contributed by atoms with Gasteiger partial charge in [-0.2, -0.15) is 4.31 Å². The molecule has 0 aromatic heterocycles. The average Bonchev–Trinajstić information content (AvgIpc) is 2.54. The molecule has 112 valence electrons. The number of rotatable bonds is 3. The van der Waals surface area contributed by atoms with Crippen LogP contribution in [-0.4, -0.2) is 38.9 Å². The first-order valence-corrected chi connectivity index (χ1v) is 8.71. The molecule has 0 amide bonds. The first-order chi connectivity index (χ1) is 10.1. The van der Waals surface area contributed by atoms with Crippen LogP contribution in [0.15, 0.2) is 47.4 Å². The first-order valence-electron chi connectivity index (χ1n) is 7.27. The van der Waals surface area contributed by atoms with Crippen molar-refractivity contribution in [1.82, 2.24) is 9.62 Å². The predicted molar refractivity (Wildman–Crippen MR) is 84.8 cm³/mol. The summed E-state index contributed by atoms with van der Waals surface area (Å²) >= 11 is 0. The van der Waals surface area contributed by atoms with Gasteiger partial charge in [-0.05, 0) is 37.4 Å². The lowest BCUT2D eigenvalue weighted by atomic mass is 10.1. The molecule has 3 rings (SSSR count). The molecule has 1 fully saturated rings. The van der Waals surface area contributed by atoms with Gasteiger partial charge in [-0.15, -0.1) is 0 Å². The molecule has 0 unspecified atom stereocenters. The third-order valence-corrected chi connectivity index (χ3v) is 6.20. The molecule has 5 heteroatoms. The molecule has 1 N–H and O–H groups in total. The van der Waals surface area contributed by atoms with Crippen LogP contribution < -0.4 is 5.32 Å². The number of hydrogen-bond donors (Lipinski definition) is 1. The van der Waals surface area contributed by atoms with E-state index in [-0.39, 0.29) is 6.04 Å². The Morgan fingerprint density at radius 3 is 2.48 bits per heavy atom. The van der Waals surface area contributed by atoms with Gasteiger partial charge in [-0.25, -0.2) is 8.42 Å². The van der Waals surface area contributed by atoms with Crippen LogP contribution in [0.2, 0.25) is 0 Å². The lowest BCUT2D eigenvalue weighted by Gasteiger charge is -2.31. The highest BCUT2D eigenvalue weighted by Gasteiger charge is 2.29. The summed E-state index contributed by atoms with van der Waals surface area (Å²) in [6.45, 7) is 1.75. The van der Waals surface area contributed by atoms with Gasteiger partial charge in [0.2, 0.25) is 10.0 Å². The summed E-state index contributed by atoms with van der Waals surface area (Å²) in [4.78, 5) is 0.404. The summed E-state index contributed by atoms with van der Waals surface area (Å²) in [6, 6.07) is 13.2. The van der Waals surface area contributed by atoms with Crippen LogP contribution in [-0.2, 0) is 10.0 Å². The van der Waals surface area contributed by atoms with Crippen molar-refractivity contribution < 1.29 is 8.42 Å². The second-order valence-electron chi connectivity index (χ2n) is 5.48. The number of fused-ring (bicyclic) bond motifs is 1. The van der Waals surface area contributed by atoms with E-state index in [1.54, 1.807) is 17.4 Å². The maximum Gasteiger partial charge on any atom is 0.243 e. The minimum absolute atomic E-state index is 0.0789. The average molecular weight is 304 g/mol. The Labute approximate surface area is 125 Å². The van der Waals surface area contributed by atoms with E-state index in [1.807, 2.05) is 36.4 Å². The molecular formula is C16H20N2O2S. The van der Waals surface area contributed by atoms with Crippen LogP contribution in [0, 0.1) is 0 Å². The van der Waals surface area contributed by atoms with Gasteiger partial charge in [0.1, 0.15) is 0 Å². The fourth-order valence-electron chi connectivity index (χ4n) is 2.94. The number of nitrogens with one attached hydrogen (secondary N) is 1. The predicted octanol–water partition coefficient (Wildman–Crippen LogP) is 2.21. The van der Waals surface area contributed by atoms with Crippen molar-refractivity contribution in [2.24, 2.45) is 0 Å². The Morgan fingerprint density at radius 2 is 1.71 bits per heavy atom. The summed E-state index contributed by atoms with van der Waals surface area (Å²) in [5.74, 6) is 0. The van der Waals surface area contributed by atoms with E-state index >= 15 is 0 Å². The van der Waals surface area contributed by atoms with E-state index in [0.29, 0.717) is 4.90 Å². The SMILES string of the molecule is CN(C1CCNCC1)S(=O)(=O)c1cccc2ccccc12. The second-order valence-corrected chi connectivity index (χ2v) is 7.45. The second kappa shape index (κ2) is 5.75. The van der Waals surface area contributed by atoms with Gasteiger partial charge in [0.15, 0.2) is 0 Å². The summed E-state index contributed by atoms with van der Waals surface area (Å²) in [5.41, 5.74) is 0. The van der Waals surface area contributed by atoms with E-state index in [4.69, 9.17) is 0 Å². The highest BCUT2D eigenvalue weighted by molar-refractivity contribution is 7.89. The molecule has 1 aliphatic heterocycles. The zero-order chi connectivity index (χ0) is 14.9. The molecule has 1 heterocycles. The molecule has 1 aliphatic rings. The zero-order valence-electron chi connectivity index (χ0n) is 12.1. The van der Waals surface area contributed by atoms with E-state index in [1.165, 1.54) is 0 Å². The van der Waals surface area contributed by atoms with Crippen molar-refractivity contribution in [2.75, 3.05) is 20.1 Å². The Bertz CT molecular complexity index is 732. The molecule has 21 heavy (non-hydrogen) atoms. The summed E-state index contributed by atoms with van der Waals surface area (Å²) in [6.07, 6.45) is 1.72. The standard InChI is InChI=1S/C16H20N2O2S/c1-18(14-9-11-17-12-10-14)21(19,20)16-8-4-6-13-5-2-3-7-15(13)16/h2-8,14,17H,9-12H2,1H3. The number of hydrogen-bond acceptors (Lipinski definition) is 3. The lowest BCUT2D eigenvalue weighted by Crippen LogP contribution is -2.43. The van der Waals surface area contributed by atoms with Crippen LogP contribution in [0.5, 0.6) is 0 Å². The van der Waals surface area contributed by atoms with Crippen LogP contribution in [0.4, 0.5) is 0 Å². The number of nitrogens with zero attached hydrogens (tertiary/aromatic N) is 1. The van der Waals surface area contributed by atoms with Gasteiger partial charge in [0.25, 0.3) is 0 Å². The van der Waals surface area contributed by atoms with Gasteiger partial charge in [0, 0.05) is 18.5 Å². The van der Waals surface area contributed by atoms with Gasteiger partial charge in [-0.1, -0.05) is 36.4 Å². The van der Waals surface area contributed by atoms with Crippen LogP contribution in [0.25, 0.3) is 10.8 Å². The van der Waals surface area contributed by atoms with Gasteiger partial charge in [0.05, 0.1) is 4.90 Å². The lowest BCUT2D eigenvalue weighted by molar-refractivity contribution is 0.296. The molecule has 0 radical (unpaired) electrons. The summed E-state index contributed by atoms with van der Waals surface area (Å²) in [7, 11) is -1.76. The van der Waals surface area contributed by atoms with Crippen molar-refractivity contribution in [3.8, 4) is 0 Å². The Balaban J connectivity index is 2.03. The summed E-state index contributed by atoms with van der Waals surface area (Å²) in [5, 5.41) is 5.02. The van der Waals surface area contributed by atoms with Crippen molar-refractivity contribution in [3.05, 3.63) is 42.5 Å². The van der Waals surface area contributed by atoms with Crippen LogP contribution in [0.1, 0.15) is 12.8 Å². The van der Waals surface area contributed by atoms with E-state index in [0.717, 1.165) is 36.7 Å². The quantitative estimate of drug-likeness (QED) is 0.946. The fraction of sp³-hybridized carbons (Fsp3) is 0.375. The van der Waals surface area contributed by atoms with Gasteiger partial charge in [-0.3, -0.25) is 0 Å². The maximum absolute atomic E-state index is 13.0. The smallest absolute Gasteiger partial charge is 0.243 e. The summed E-state index contributed by atoms with van der Waals surface area (Å²) < 4.78 is 27.5. The van der Waals surface area contributed by atoms with Crippen molar-refractivity contribution >= 4 is 20.8 Å². The monoisotopic (exact) mass is 304 g/mol. The number of sulfonamides is 1. The minimum atomic E-state index is -3.46. The molecule has 2 aromatic carbocycles. The molecule has 0 spiro atoms. The largest absolute Gasteiger partial charge is 0.317 e. The first kappa shape index (κ1) is 14.5. The van der Waals surface area contributed by atoms with Crippen molar-refractivity contribution in [1.29, 1.82) is 0 Å². The minimum Gasteiger partial charge on any atom is -0.317 e. The zero-order valence-corrected chi connectivity index (χ0v) is 12.9.